The van der Waals surface area contributed by atoms with E-state index in [-0.39, 0.29) is 20.7 Å². The first-order chi connectivity index (χ1) is 8.84. The maximum absolute atomic E-state index is 12.3. The molecule has 1 aromatic rings. The highest BCUT2D eigenvalue weighted by atomic mass is 35.5. The van der Waals surface area contributed by atoms with Gasteiger partial charge in [-0.15, -0.1) is 11.3 Å². The zero-order valence-electron chi connectivity index (χ0n) is 10.0. The van der Waals surface area contributed by atoms with Crippen molar-refractivity contribution in [2.45, 2.75) is 11.8 Å². The van der Waals surface area contributed by atoms with Crippen molar-refractivity contribution in [2.75, 3.05) is 13.7 Å². The third-order valence-corrected chi connectivity index (χ3v) is 5.89. The van der Waals surface area contributed by atoms with Crippen LogP contribution in [0.4, 0.5) is 0 Å². The van der Waals surface area contributed by atoms with Crippen LogP contribution in [-0.4, -0.2) is 37.5 Å². The molecule has 0 aromatic carbocycles. The van der Waals surface area contributed by atoms with E-state index < -0.39 is 27.4 Å². The number of rotatable bonds is 2. The highest BCUT2D eigenvalue weighted by Gasteiger charge is 2.41. The standard InChI is InChI=1S/C10H10ClNO5S2/c1-3-12-7(10(14)17-2)8(13)9-5(19(12,15)16)4-6(11)18-9/h4,13H,3H2,1-2H3. The van der Waals surface area contributed by atoms with Gasteiger partial charge in [0.1, 0.15) is 4.90 Å². The average molecular weight is 324 g/mol. The van der Waals surface area contributed by atoms with Crippen LogP contribution in [0.1, 0.15) is 11.8 Å². The Kier molecular flexibility index (Phi) is 3.50. The number of carbonyl (C=O) groups is 1. The van der Waals surface area contributed by atoms with Gasteiger partial charge < -0.3 is 9.84 Å². The minimum Gasteiger partial charge on any atom is -0.504 e. The molecule has 2 rings (SSSR count). The zero-order valence-corrected chi connectivity index (χ0v) is 12.4. The van der Waals surface area contributed by atoms with Crippen LogP contribution in [0.25, 0.3) is 5.76 Å². The molecule has 0 unspecified atom stereocenters. The van der Waals surface area contributed by atoms with Crippen LogP contribution < -0.4 is 0 Å². The van der Waals surface area contributed by atoms with E-state index in [0.717, 1.165) is 22.8 Å². The molecular formula is C10H10ClNO5S2. The van der Waals surface area contributed by atoms with Gasteiger partial charge in [0.2, 0.25) is 0 Å². The number of fused-ring (bicyclic) bond motifs is 1. The number of carbonyl (C=O) groups excluding carboxylic acids is 1. The number of hydrogen-bond acceptors (Lipinski definition) is 6. The fourth-order valence-electron chi connectivity index (χ4n) is 1.79. The Labute approximate surface area is 118 Å². The normalized spacial score (nSPS) is 17.3. The first-order valence-corrected chi connectivity index (χ1v) is 7.82. The lowest BCUT2D eigenvalue weighted by Crippen LogP contribution is -2.37. The Hall–Kier alpha value is -1.25. The van der Waals surface area contributed by atoms with E-state index in [1.54, 1.807) is 6.92 Å². The molecule has 1 aliphatic heterocycles. The largest absolute Gasteiger partial charge is 0.504 e. The first kappa shape index (κ1) is 14.2. The summed E-state index contributed by atoms with van der Waals surface area (Å²) in [5, 5.41) is 10.1. The van der Waals surface area contributed by atoms with Crippen LogP contribution in [0.5, 0.6) is 0 Å². The Bertz CT molecular complexity index is 676. The maximum atomic E-state index is 12.3. The minimum atomic E-state index is -3.91. The monoisotopic (exact) mass is 323 g/mol. The second-order valence-electron chi connectivity index (χ2n) is 3.60. The highest BCUT2D eigenvalue weighted by molar-refractivity contribution is 7.89. The summed E-state index contributed by atoms with van der Waals surface area (Å²) in [6.45, 7) is 1.54. The molecule has 0 amide bonds. The van der Waals surface area contributed by atoms with E-state index in [0.29, 0.717) is 0 Å². The predicted octanol–water partition coefficient (Wildman–Crippen LogP) is 1.83. The van der Waals surface area contributed by atoms with Crippen molar-refractivity contribution in [3.8, 4) is 0 Å². The first-order valence-electron chi connectivity index (χ1n) is 5.18. The summed E-state index contributed by atoms with van der Waals surface area (Å²) in [5.74, 6) is -1.35. The van der Waals surface area contributed by atoms with E-state index >= 15 is 0 Å². The van der Waals surface area contributed by atoms with Crippen molar-refractivity contribution in [3.63, 3.8) is 0 Å². The number of likely N-dealkylation sites (N-methyl/N-ethyl adjacent to an activating group) is 1. The molecule has 0 aliphatic carbocycles. The lowest BCUT2D eigenvalue weighted by atomic mass is 10.3. The molecule has 0 radical (unpaired) electrons. The van der Waals surface area contributed by atoms with Gasteiger partial charge in [-0.2, -0.15) is 0 Å². The van der Waals surface area contributed by atoms with Crippen LogP contribution in [0.2, 0.25) is 4.34 Å². The number of methoxy groups -OCH3 is 1. The van der Waals surface area contributed by atoms with Crippen molar-refractivity contribution in [1.82, 2.24) is 4.31 Å². The van der Waals surface area contributed by atoms with Gasteiger partial charge in [-0.1, -0.05) is 11.6 Å². The molecule has 0 bridgehead atoms. The minimum absolute atomic E-state index is 0.0102. The topological polar surface area (TPSA) is 83.9 Å². The van der Waals surface area contributed by atoms with Crippen LogP contribution in [-0.2, 0) is 19.6 Å². The third kappa shape index (κ3) is 1.99. The van der Waals surface area contributed by atoms with E-state index in [1.807, 2.05) is 0 Å². The van der Waals surface area contributed by atoms with Gasteiger partial charge in [0.25, 0.3) is 10.0 Å². The summed E-state index contributed by atoms with van der Waals surface area (Å²) >= 11 is 6.67. The quantitative estimate of drug-likeness (QED) is 0.839. The molecule has 0 saturated heterocycles. The van der Waals surface area contributed by atoms with Gasteiger partial charge in [-0.05, 0) is 13.0 Å². The van der Waals surface area contributed by atoms with Gasteiger partial charge in [-0.3, -0.25) is 4.31 Å². The van der Waals surface area contributed by atoms with Crippen LogP contribution in [0.3, 0.4) is 0 Å². The smallest absolute Gasteiger partial charge is 0.359 e. The number of thiophene rings is 1. The molecule has 0 saturated carbocycles. The zero-order chi connectivity index (χ0) is 14.4. The summed E-state index contributed by atoms with van der Waals surface area (Å²) in [6.07, 6.45) is 0. The second-order valence-corrected chi connectivity index (χ2v) is 7.12. The number of sulfonamides is 1. The third-order valence-electron chi connectivity index (χ3n) is 2.59. The van der Waals surface area contributed by atoms with Crippen molar-refractivity contribution in [1.29, 1.82) is 0 Å². The number of nitrogens with zero attached hydrogens (tertiary/aromatic N) is 1. The summed E-state index contributed by atoms with van der Waals surface area (Å²) in [4.78, 5) is 11.6. The van der Waals surface area contributed by atoms with Crippen molar-refractivity contribution in [3.05, 3.63) is 21.0 Å². The van der Waals surface area contributed by atoms with Crippen LogP contribution in [0.15, 0.2) is 16.7 Å². The second kappa shape index (κ2) is 4.69. The number of esters is 1. The molecular weight excluding hydrogens is 314 g/mol. The Balaban J connectivity index is 2.81. The number of aliphatic hydroxyl groups excluding tert-OH is 1. The van der Waals surface area contributed by atoms with E-state index in [4.69, 9.17) is 11.6 Å². The summed E-state index contributed by atoms with van der Waals surface area (Å²) < 4.78 is 30.2. The molecule has 104 valence electrons. The number of aliphatic hydroxyl groups is 1. The molecule has 0 fully saturated rings. The number of hydrogen-bond donors (Lipinski definition) is 1. The van der Waals surface area contributed by atoms with E-state index in [2.05, 4.69) is 4.74 Å². The van der Waals surface area contributed by atoms with Crippen molar-refractivity contribution in [2.24, 2.45) is 0 Å². The number of halogens is 1. The lowest BCUT2D eigenvalue weighted by Gasteiger charge is -2.28. The van der Waals surface area contributed by atoms with E-state index in [1.165, 1.54) is 6.07 Å². The molecule has 1 aromatic heterocycles. The van der Waals surface area contributed by atoms with Gasteiger partial charge in [0, 0.05) is 6.54 Å². The Morgan fingerprint density at radius 2 is 2.21 bits per heavy atom. The van der Waals surface area contributed by atoms with Crippen LogP contribution >= 0.6 is 22.9 Å². The molecule has 0 atom stereocenters. The molecule has 1 N–H and O–H groups in total. The van der Waals surface area contributed by atoms with E-state index in [9.17, 15) is 18.3 Å². The predicted molar refractivity (Wildman–Crippen MR) is 70.5 cm³/mol. The molecule has 2 heterocycles. The van der Waals surface area contributed by atoms with Gasteiger partial charge in [0.05, 0.1) is 16.3 Å². The molecule has 9 heteroatoms. The molecule has 19 heavy (non-hydrogen) atoms. The van der Waals surface area contributed by atoms with Crippen molar-refractivity contribution < 1.29 is 23.1 Å². The van der Waals surface area contributed by atoms with Gasteiger partial charge in [-0.25, -0.2) is 13.2 Å². The number of ether oxygens (including phenoxy) is 1. The summed E-state index contributed by atoms with van der Waals surface area (Å²) in [5.41, 5.74) is -0.393. The van der Waals surface area contributed by atoms with Crippen LogP contribution in [0, 0.1) is 0 Å². The van der Waals surface area contributed by atoms with Gasteiger partial charge in [0.15, 0.2) is 11.5 Å². The molecule has 1 aliphatic rings. The lowest BCUT2D eigenvalue weighted by molar-refractivity contribution is -0.137. The fraction of sp³-hybridized carbons (Fsp3) is 0.300. The average Bonchev–Trinajstić information content (AvgIpc) is 2.76. The Morgan fingerprint density at radius 3 is 2.74 bits per heavy atom. The summed E-state index contributed by atoms with van der Waals surface area (Å²) in [7, 11) is -2.80. The van der Waals surface area contributed by atoms with Gasteiger partial charge >= 0.3 is 5.97 Å². The highest BCUT2D eigenvalue weighted by Crippen LogP contribution is 2.42. The van der Waals surface area contributed by atoms with Crippen molar-refractivity contribution >= 4 is 44.7 Å². The molecule has 0 spiro atoms. The molecule has 6 nitrogen and oxygen atoms in total. The Morgan fingerprint density at radius 1 is 1.58 bits per heavy atom. The SMILES string of the molecule is CCN1C(C(=O)OC)=C(O)c2sc(Cl)cc2S1(=O)=O. The summed E-state index contributed by atoms with van der Waals surface area (Å²) in [6, 6.07) is 1.25. The fourth-order valence-corrected chi connectivity index (χ4v) is 5.01. The maximum Gasteiger partial charge on any atom is 0.359 e.